The molecule has 2 aromatic rings. The van der Waals surface area contributed by atoms with Crippen molar-refractivity contribution >= 4 is 11.6 Å². The monoisotopic (exact) mass is 342 g/mol. The molecule has 0 spiro atoms. The summed E-state index contributed by atoms with van der Waals surface area (Å²) >= 11 is 0. The summed E-state index contributed by atoms with van der Waals surface area (Å²) in [4.78, 5) is 14.6. The molecule has 1 saturated heterocycles. The number of carbonyl (C=O) groups excluding carboxylic acids is 1. The number of hydrogen-bond donors (Lipinski definition) is 1. The highest BCUT2D eigenvalue weighted by molar-refractivity contribution is 6.00. The first kappa shape index (κ1) is 16.2. The molecule has 0 unspecified atom stereocenters. The Morgan fingerprint density at radius 2 is 1.92 bits per heavy atom. The predicted molar refractivity (Wildman–Crippen MR) is 91.6 cm³/mol. The summed E-state index contributed by atoms with van der Waals surface area (Å²) < 4.78 is 10.8. The van der Waals surface area contributed by atoms with Crippen LogP contribution in [0, 0.1) is 0 Å². The van der Waals surface area contributed by atoms with Gasteiger partial charge < -0.3 is 14.5 Å². The zero-order valence-electron chi connectivity index (χ0n) is 14.1. The molecule has 1 aliphatic carbocycles. The number of nitrogens with zero attached hydrogens (tertiary/aromatic N) is 3. The fourth-order valence-corrected chi connectivity index (χ4v) is 2.87. The first-order valence-corrected chi connectivity index (χ1v) is 8.82. The van der Waals surface area contributed by atoms with E-state index in [1.54, 1.807) is 0 Å². The van der Waals surface area contributed by atoms with Crippen LogP contribution in [0.15, 0.2) is 28.7 Å². The fraction of sp³-hybridized carbons (Fsp3) is 0.500. The first-order valence-electron chi connectivity index (χ1n) is 8.82. The Balaban J connectivity index is 1.29. The lowest BCUT2D eigenvalue weighted by Gasteiger charge is -2.26. The van der Waals surface area contributed by atoms with Crippen molar-refractivity contribution < 1.29 is 13.9 Å². The van der Waals surface area contributed by atoms with Gasteiger partial charge in [-0.05, 0) is 37.0 Å². The van der Waals surface area contributed by atoms with Gasteiger partial charge in [0.25, 0.3) is 0 Å². The van der Waals surface area contributed by atoms with Gasteiger partial charge in [-0.2, -0.15) is 0 Å². The zero-order valence-corrected chi connectivity index (χ0v) is 14.1. The van der Waals surface area contributed by atoms with Crippen molar-refractivity contribution in [2.24, 2.45) is 0 Å². The lowest BCUT2D eigenvalue weighted by atomic mass is 10.1. The van der Waals surface area contributed by atoms with Gasteiger partial charge in [-0.3, -0.25) is 9.69 Å². The summed E-state index contributed by atoms with van der Waals surface area (Å²) in [7, 11) is 0. The van der Waals surface area contributed by atoms with Gasteiger partial charge in [-0.25, -0.2) is 0 Å². The van der Waals surface area contributed by atoms with E-state index in [2.05, 4.69) is 20.4 Å². The van der Waals surface area contributed by atoms with E-state index in [0.29, 0.717) is 11.8 Å². The number of aromatic nitrogens is 2. The zero-order chi connectivity index (χ0) is 17.1. The maximum Gasteiger partial charge on any atom is 0.313 e. The molecule has 132 valence electrons. The molecule has 25 heavy (non-hydrogen) atoms. The minimum Gasteiger partial charge on any atom is -0.417 e. The number of rotatable bonds is 6. The molecule has 1 aromatic carbocycles. The highest BCUT2D eigenvalue weighted by Crippen LogP contribution is 2.39. The summed E-state index contributed by atoms with van der Waals surface area (Å²) in [5.74, 6) is 0.585. The highest BCUT2D eigenvalue weighted by Gasteiger charge is 2.30. The first-order chi connectivity index (χ1) is 12.3. The number of benzene rings is 1. The Kier molecular flexibility index (Phi) is 4.76. The second-order valence-corrected chi connectivity index (χ2v) is 6.57. The molecular formula is C18H22N4O3. The molecule has 2 fully saturated rings. The third-order valence-corrected chi connectivity index (χ3v) is 4.59. The van der Waals surface area contributed by atoms with Crippen molar-refractivity contribution in [3.8, 4) is 0 Å². The van der Waals surface area contributed by atoms with Crippen molar-refractivity contribution in [3.05, 3.63) is 41.6 Å². The van der Waals surface area contributed by atoms with Gasteiger partial charge in [-0.15, -0.1) is 10.2 Å². The van der Waals surface area contributed by atoms with Crippen LogP contribution in [0.4, 0.5) is 5.69 Å². The van der Waals surface area contributed by atoms with Crippen LogP contribution in [0.3, 0.4) is 0 Å². The van der Waals surface area contributed by atoms with Crippen LogP contribution in [0.5, 0.6) is 0 Å². The van der Waals surface area contributed by atoms with E-state index < -0.39 is 0 Å². The lowest BCUT2D eigenvalue weighted by Crippen LogP contribution is -2.37. The number of anilines is 1. The van der Waals surface area contributed by atoms with E-state index in [1.807, 2.05) is 24.3 Å². The largest absolute Gasteiger partial charge is 0.417 e. The molecule has 2 heterocycles. The van der Waals surface area contributed by atoms with Crippen LogP contribution in [0.1, 0.15) is 40.9 Å². The quantitative estimate of drug-likeness (QED) is 0.866. The number of hydrogen-bond acceptors (Lipinski definition) is 6. The standard InChI is InChI=1S/C18H22N4O3/c23-16(18-21-20-17(25-18)14-3-4-14)19-15-5-1-13(2-6-15)7-8-22-9-11-24-12-10-22/h1-2,5-6,14H,3-4,7-12H2,(H,19,23). The fourth-order valence-electron chi connectivity index (χ4n) is 2.87. The molecule has 0 radical (unpaired) electrons. The Morgan fingerprint density at radius 1 is 1.16 bits per heavy atom. The maximum atomic E-state index is 12.2. The maximum absolute atomic E-state index is 12.2. The predicted octanol–water partition coefficient (Wildman–Crippen LogP) is 2.07. The lowest BCUT2D eigenvalue weighted by molar-refractivity contribution is 0.0384. The Labute approximate surface area is 146 Å². The molecule has 1 amide bonds. The van der Waals surface area contributed by atoms with Gasteiger partial charge in [0, 0.05) is 31.2 Å². The van der Waals surface area contributed by atoms with Gasteiger partial charge >= 0.3 is 11.8 Å². The third kappa shape index (κ3) is 4.24. The summed E-state index contributed by atoms with van der Waals surface area (Å²) in [6.07, 6.45) is 3.12. The smallest absolute Gasteiger partial charge is 0.313 e. The Bertz CT molecular complexity index is 718. The van der Waals surface area contributed by atoms with Crippen molar-refractivity contribution in [2.75, 3.05) is 38.2 Å². The number of nitrogens with one attached hydrogen (secondary N) is 1. The second-order valence-electron chi connectivity index (χ2n) is 6.57. The molecular weight excluding hydrogens is 320 g/mol. The van der Waals surface area contributed by atoms with Gasteiger partial charge in [-0.1, -0.05) is 12.1 Å². The molecule has 1 saturated carbocycles. The van der Waals surface area contributed by atoms with Crippen LogP contribution in [0.25, 0.3) is 0 Å². The van der Waals surface area contributed by atoms with E-state index in [9.17, 15) is 4.79 Å². The highest BCUT2D eigenvalue weighted by atomic mass is 16.5. The van der Waals surface area contributed by atoms with E-state index in [1.165, 1.54) is 5.56 Å². The number of morpholine rings is 1. The van der Waals surface area contributed by atoms with Crippen LogP contribution in [0.2, 0.25) is 0 Å². The normalized spacial score (nSPS) is 18.2. The number of ether oxygens (including phenoxy) is 1. The molecule has 4 rings (SSSR count). The second kappa shape index (κ2) is 7.33. The van der Waals surface area contributed by atoms with Crippen LogP contribution in [-0.2, 0) is 11.2 Å². The summed E-state index contributed by atoms with van der Waals surface area (Å²) in [6, 6.07) is 7.90. The molecule has 0 atom stereocenters. The molecule has 7 heteroatoms. The molecule has 1 aromatic heterocycles. The van der Waals surface area contributed by atoms with Crippen LogP contribution >= 0.6 is 0 Å². The summed E-state index contributed by atoms with van der Waals surface area (Å²) in [5.41, 5.74) is 1.98. The van der Waals surface area contributed by atoms with E-state index in [4.69, 9.17) is 9.15 Å². The Hall–Kier alpha value is -2.25. The average Bonchev–Trinajstić information content (AvgIpc) is 3.38. The molecule has 0 bridgehead atoms. The van der Waals surface area contributed by atoms with Gasteiger partial charge in [0.2, 0.25) is 5.89 Å². The van der Waals surface area contributed by atoms with E-state index in [0.717, 1.165) is 57.8 Å². The topological polar surface area (TPSA) is 80.5 Å². The SMILES string of the molecule is O=C(Nc1ccc(CCN2CCOCC2)cc1)c1nnc(C2CC2)o1. The third-order valence-electron chi connectivity index (χ3n) is 4.59. The van der Waals surface area contributed by atoms with Crippen LogP contribution < -0.4 is 5.32 Å². The average molecular weight is 342 g/mol. The molecule has 1 aliphatic heterocycles. The molecule has 1 N–H and O–H groups in total. The van der Waals surface area contributed by atoms with Crippen molar-refractivity contribution in [1.29, 1.82) is 0 Å². The van der Waals surface area contributed by atoms with Gasteiger partial charge in [0.05, 0.1) is 13.2 Å². The minimum absolute atomic E-state index is 0.0262. The molecule has 2 aliphatic rings. The van der Waals surface area contributed by atoms with E-state index >= 15 is 0 Å². The number of carbonyl (C=O) groups is 1. The van der Waals surface area contributed by atoms with E-state index in [-0.39, 0.29) is 11.8 Å². The summed E-state index contributed by atoms with van der Waals surface area (Å²) in [5, 5.41) is 10.6. The van der Waals surface area contributed by atoms with Crippen molar-refractivity contribution in [2.45, 2.75) is 25.2 Å². The molecule has 7 nitrogen and oxygen atoms in total. The summed E-state index contributed by atoms with van der Waals surface area (Å²) in [6.45, 7) is 4.68. The van der Waals surface area contributed by atoms with Gasteiger partial charge in [0.15, 0.2) is 0 Å². The van der Waals surface area contributed by atoms with Gasteiger partial charge in [0.1, 0.15) is 0 Å². The Morgan fingerprint density at radius 3 is 2.64 bits per heavy atom. The van der Waals surface area contributed by atoms with Crippen molar-refractivity contribution in [3.63, 3.8) is 0 Å². The minimum atomic E-state index is -0.361. The van der Waals surface area contributed by atoms with Crippen LogP contribution in [-0.4, -0.2) is 53.9 Å². The van der Waals surface area contributed by atoms with Crippen molar-refractivity contribution in [1.82, 2.24) is 15.1 Å². The number of amides is 1.